The van der Waals surface area contributed by atoms with Crippen molar-refractivity contribution in [3.05, 3.63) is 17.3 Å². The van der Waals surface area contributed by atoms with Crippen molar-refractivity contribution in [2.75, 3.05) is 10.7 Å². The first-order valence-electron chi connectivity index (χ1n) is 4.88. The quantitative estimate of drug-likeness (QED) is 0.406. The van der Waals surface area contributed by atoms with E-state index in [1.54, 1.807) is 19.1 Å². The summed E-state index contributed by atoms with van der Waals surface area (Å²) in [6.07, 6.45) is 0. The zero-order chi connectivity index (χ0) is 12.2. The molecule has 0 radical (unpaired) electrons. The fourth-order valence-corrected chi connectivity index (χ4v) is 3.20. The molecule has 1 amide bonds. The highest BCUT2D eigenvalue weighted by Crippen LogP contribution is 2.44. The Morgan fingerprint density at radius 3 is 3.06 bits per heavy atom. The molecule has 1 aromatic rings. The molecule has 5 nitrogen and oxygen atoms in total. The van der Waals surface area contributed by atoms with Gasteiger partial charge in [0, 0.05) is 0 Å². The van der Waals surface area contributed by atoms with E-state index in [0.717, 1.165) is 0 Å². The maximum absolute atomic E-state index is 11.8. The number of hydrogen-bond acceptors (Lipinski definition) is 5. The van der Waals surface area contributed by atoms with Crippen LogP contribution in [0.2, 0.25) is 5.15 Å². The van der Waals surface area contributed by atoms with Gasteiger partial charge in [-0.25, -0.2) is 9.78 Å². The fourth-order valence-electron chi connectivity index (χ4n) is 1.94. The average molecular weight is 271 g/mol. The second-order valence-corrected chi connectivity index (χ2v) is 5.30. The Balaban J connectivity index is 2.17. The minimum absolute atomic E-state index is 0.360. The number of aromatic nitrogens is 1. The van der Waals surface area contributed by atoms with Gasteiger partial charge in [-0.15, -0.1) is 0 Å². The summed E-state index contributed by atoms with van der Waals surface area (Å²) in [6.45, 7) is 1.71. The van der Waals surface area contributed by atoms with Gasteiger partial charge in [-0.3, -0.25) is 9.69 Å². The number of carbonyl (C=O) groups excluding carboxylic acids is 2. The van der Waals surface area contributed by atoms with Gasteiger partial charge in [0.15, 0.2) is 5.72 Å². The molecule has 17 heavy (non-hydrogen) atoms. The van der Waals surface area contributed by atoms with Gasteiger partial charge in [-0.1, -0.05) is 23.4 Å². The van der Waals surface area contributed by atoms with Crippen LogP contribution in [0.25, 0.3) is 0 Å². The summed E-state index contributed by atoms with van der Waals surface area (Å²) < 4.78 is 5.11. The molecule has 88 valence electrons. The molecule has 2 aliphatic rings. The van der Waals surface area contributed by atoms with Crippen LogP contribution in [0, 0.1) is 0 Å². The maximum Gasteiger partial charge on any atom is 0.399 e. The van der Waals surface area contributed by atoms with Crippen LogP contribution in [0.4, 0.5) is 5.69 Å². The summed E-state index contributed by atoms with van der Waals surface area (Å²) in [5, 5.41) is 1.00. The van der Waals surface area contributed by atoms with E-state index in [1.807, 2.05) is 0 Å². The molecular formula is C10H7ClN2O3S. The van der Waals surface area contributed by atoms with Gasteiger partial charge in [0.25, 0.3) is 0 Å². The Kier molecular flexibility index (Phi) is 2.15. The number of fused-ring (bicyclic) bond motifs is 3. The van der Waals surface area contributed by atoms with Crippen LogP contribution >= 0.6 is 23.4 Å². The number of esters is 1. The first-order valence-corrected chi connectivity index (χ1v) is 6.24. The molecule has 0 bridgehead atoms. The number of anilines is 1. The van der Waals surface area contributed by atoms with E-state index in [2.05, 4.69) is 4.98 Å². The van der Waals surface area contributed by atoms with Crippen LogP contribution in [-0.4, -0.2) is 28.3 Å². The van der Waals surface area contributed by atoms with E-state index in [9.17, 15) is 9.59 Å². The highest BCUT2D eigenvalue weighted by atomic mass is 35.5. The van der Waals surface area contributed by atoms with Crippen LogP contribution in [0.3, 0.4) is 0 Å². The summed E-state index contributed by atoms with van der Waals surface area (Å²) in [6, 6.07) is 3.26. The van der Waals surface area contributed by atoms with Crippen LogP contribution in [0.15, 0.2) is 17.2 Å². The SMILES string of the molecule is C[C@@]12CSc3nc(Cl)ccc3N1C(=O)C(=O)O2. The lowest BCUT2D eigenvalue weighted by Crippen LogP contribution is -2.48. The molecule has 0 aromatic carbocycles. The van der Waals surface area contributed by atoms with Crippen molar-refractivity contribution in [3.8, 4) is 0 Å². The van der Waals surface area contributed by atoms with E-state index in [4.69, 9.17) is 16.3 Å². The summed E-state index contributed by atoms with van der Waals surface area (Å²) in [5.74, 6) is -1.03. The third-order valence-electron chi connectivity index (χ3n) is 2.69. The molecule has 0 unspecified atom stereocenters. The maximum atomic E-state index is 11.8. The van der Waals surface area contributed by atoms with Gasteiger partial charge in [0.05, 0.1) is 11.4 Å². The van der Waals surface area contributed by atoms with Gasteiger partial charge in [-0.05, 0) is 19.1 Å². The number of nitrogens with zero attached hydrogens (tertiary/aromatic N) is 2. The Labute approximate surface area is 106 Å². The van der Waals surface area contributed by atoms with E-state index in [1.165, 1.54) is 16.7 Å². The number of halogens is 1. The molecule has 0 spiro atoms. The van der Waals surface area contributed by atoms with E-state index in [0.29, 0.717) is 21.6 Å². The number of rotatable bonds is 0. The van der Waals surface area contributed by atoms with Crippen molar-refractivity contribution in [1.29, 1.82) is 0 Å². The smallest absolute Gasteiger partial charge is 0.399 e. The third-order valence-corrected chi connectivity index (χ3v) is 4.15. The van der Waals surface area contributed by atoms with Gasteiger partial charge in [0.2, 0.25) is 0 Å². The molecule has 3 rings (SSSR count). The lowest BCUT2D eigenvalue weighted by Gasteiger charge is -2.36. The molecule has 1 aromatic heterocycles. The standard InChI is InChI=1S/C10H7ClN2O3S/c1-10-4-17-7-5(2-3-6(11)12-7)13(10)8(14)9(15)16-10/h2-3H,4H2,1H3/t10-/m1/s1. The zero-order valence-corrected chi connectivity index (χ0v) is 10.3. The van der Waals surface area contributed by atoms with Crippen LogP contribution < -0.4 is 4.90 Å². The molecule has 1 fully saturated rings. The minimum atomic E-state index is -0.915. The highest BCUT2D eigenvalue weighted by molar-refractivity contribution is 7.99. The van der Waals surface area contributed by atoms with Crippen molar-refractivity contribution in [2.45, 2.75) is 17.7 Å². The van der Waals surface area contributed by atoms with Crippen LogP contribution in [-0.2, 0) is 14.3 Å². The first kappa shape index (κ1) is 10.9. The Morgan fingerprint density at radius 1 is 1.53 bits per heavy atom. The van der Waals surface area contributed by atoms with Gasteiger partial charge < -0.3 is 4.74 Å². The van der Waals surface area contributed by atoms with Crippen molar-refractivity contribution in [1.82, 2.24) is 4.98 Å². The average Bonchev–Trinajstić information content (AvgIpc) is 2.50. The lowest BCUT2D eigenvalue weighted by atomic mass is 10.2. The number of hydrogen-bond donors (Lipinski definition) is 0. The van der Waals surface area contributed by atoms with Gasteiger partial charge in [0.1, 0.15) is 10.2 Å². The summed E-state index contributed by atoms with van der Waals surface area (Å²) >= 11 is 7.21. The molecule has 3 heterocycles. The lowest BCUT2D eigenvalue weighted by molar-refractivity contribution is -0.151. The summed E-state index contributed by atoms with van der Waals surface area (Å²) in [7, 11) is 0. The minimum Gasteiger partial charge on any atom is -0.431 e. The molecule has 1 saturated heterocycles. The Bertz CT molecular complexity index is 550. The van der Waals surface area contributed by atoms with Crippen molar-refractivity contribution in [3.63, 3.8) is 0 Å². The van der Waals surface area contributed by atoms with E-state index < -0.39 is 17.6 Å². The second-order valence-electron chi connectivity index (χ2n) is 3.95. The third kappa shape index (κ3) is 1.44. The van der Waals surface area contributed by atoms with Crippen molar-refractivity contribution >= 4 is 40.9 Å². The second kappa shape index (κ2) is 3.36. The number of ether oxygens (including phenoxy) is 1. The van der Waals surface area contributed by atoms with E-state index in [-0.39, 0.29) is 0 Å². The molecule has 0 saturated carbocycles. The number of amides is 1. The van der Waals surface area contributed by atoms with Gasteiger partial charge in [-0.2, -0.15) is 0 Å². The Hall–Kier alpha value is -1.27. The molecule has 0 N–H and O–H groups in total. The topological polar surface area (TPSA) is 59.5 Å². The number of carbonyl (C=O) groups is 2. The monoisotopic (exact) mass is 270 g/mol. The molecule has 1 atom stereocenters. The molecule has 7 heteroatoms. The highest BCUT2D eigenvalue weighted by Gasteiger charge is 2.53. The first-order chi connectivity index (χ1) is 8.01. The van der Waals surface area contributed by atoms with Crippen LogP contribution in [0.1, 0.15) is 6.92 Å². The molecule has 2 aliphatic heterocycles. The predicted molar refractivity (Wildman–Crippen MR) is 62.0 cm³/mol. The van der Waals surface area contributed by atoms with Crippen LogP contribution in [0.5, 0.6) is 0 Å². The summed E-state index contributed by atoms with van der Waals surface area (Å²) in [5.41, 5.74) is -0.342. The van der Waals surface area contributed by atoms with Crippen molar-refractivity contribution < 1.29 is 14.3 Å². The predicted octanol–water partition coefficient (Wildman–Crippen LogP) is 1.45. The number of pyridine rings is 1. The summed E-state index contributed by atoms with van der Waals surface area (Å²) in [4.78, 5) is 28.6. The van der Waals surface area contributed by atoms with Gasteiger partial charge >= 0.3 is 11.9 Å². The van der Waals surface area contributed by atoms with E-state index >= 15 is 0 Å². The molecular weight excluding hydrogens is 264 g/mol. The Morgan fingerprint density at radius 2 is 2.29 bits per heavy atom. The normalized spacial score (nSPS) is 26.6. The number of thioether (sulfide) groups is 1. The largest absolute Gasteiger partial charge is 0.431 e. The van der Waals surface area contributed by atoms with Crippen molar-refractivity contribution in [2.24, 2.45) is 0 Å². The fraction of sp³-hybridized carbons (Fsp3) is 0.300. The molecule has 0 aliphatic carbocycles. The zero-order valence-electron chi connectivity index (χ0n) is 8.77.